The standard InChI is InChI=1S/C22H20N6OS/c1-13-15(3)26-27-22(19(13)11-24)30-12-20(29)25-21-18(10-23)14(2)16(4)28(21)17-8-6-5-7-9-17/h5-9H,12H2,1-4H3,(H,25,29). The van der Waals surface area contributed by atoms with E-state index in [1.165, 1.54) is 0 Å². The minimum absolute atomic E-state index is 0.0365. The first kappa shape index (κ1) is 21.1. The molecule has 0 fully saturated rings. The van der Waals surface area contributed by atoms with Gasteiger partial charge in [-0.1, -0.05) is 30.0 Å². The third-order valence-electron chi connectivity index (χ3n) is 4.97. The Balaban J connectivity index is 1.88. The highest BCUT2D eigenvalue weighted by atomic mass is 32.2. The minimum atomic E-state index is -0.296. The number of rotatable bonds is 5. The first-order valence-corrected chi connectivity index (χ1v) is 10.2. The molecule has 3 rings (SSSR count). The highest BCUT2D eigenvalue weighted by Gasteiger charge is 2.21. The van der Waals surface area contributed by atoms with Gasteiger partial charge in [0.15, 0.2) is 0 Å². The fourth-order valence-electron chi connectivity index (χ4n) is 3.08. The fourth-order valence-corrected chi connectivity index (χ4v) is 3.86. The van der Waals surface area contributed by atoms with Crippen LogP contribution in [0.1, 0.15) is 33.6 Å². The molecule has 0 aliphatic heterocycles. The summed E-state index contributed by atoms with van der Waals surface area (Å²) in [6, 6.07) is 13.9. The zero-order valence-electron chi connectivity index (χ0n) is 17.1. The number of carbonyl (C=O) groups excluding carboxylic acids is 1. The Kier molecular flexibility index (Phi) is 6.20. The minimum Gasteiger partial charge on any atom is -0.310 e. The van der Waals surface area contributed by atoms with Crippen LogP contribution in [-0.2, 0) is 4.79 Å². The van der Waals surface area contributed by atoms with E-state index in [0.29, 0.717) is 27.7 Å². The lowest BCUT2D eigenvalue weighted by Gasteiger charge is -2.13. The van der Waals surface area contributed by atoms with Gasteiger partial charge in [-0.05, 0) is 51.0 Å². The topological polar surface area (TPSA) is 107 Å². The van der Waals surface area contributed by atoms with Crippen molar-refractivity contribution in [2.45, 2.75) is 32.7 Å². The van der Waals surface area contributed by atoms with E-state index in [9.17, 15) is 15.3 Å². The van der Waals surface area contributed by atoms with E-state index in [1.807, 2.05) is 55.7 Å². The molecule has 8 heteroatoms. The van der Waals surface area contributed by atoms with Crippen molar-refractivity contribution in [1.82, 2.24) is 14.8 Å². The molecule has 1 amide bonds. The number of aryl methyl sites for hydroxylation is 1. The number of amides is 1. The third kappa shape index (κ3) is 3.91. The van der Waals surface area contributed by atoms with Gasteiger partial charge in [-0.2, -0.15) is 15.6 Å². The fraction of sp³-hybridized carbons (Fsp3) is 0.227. The van der Waals surface area contributed by atoms with E-state index >= 15 is 0 Å². The molecule has 0 atom stereocenters. The molecule has 0 aliphatic carbocycles. The van der Waals surface area contributed by atoms with Crippen molar-refractivity contribution in [1.29, 1.82) is 10.5 Å². The van der Waals surface area contributed by atoms with Crippen LogP contribution in [-0.4, -0.2) is 26.4 Å². The summed E-state index contributed by atoms with van der Waals surface area (Å²) in [7, 11) is 0. The normalized spacial score (nSPS) is 10.3. The van der Waals surface area contributed by atoms with Crippen molar-refractivity contribution in [3.8, 4) is 17.8 Å². The Bertz CT molecular complexity index is 1200. The number of carbonyl (C=O) groups is 1. The second kappa shape index (κ2) is 8.81. The highest BCUT2D eigenvalue weighted by Crippen LogP contribution is 2.30. The number of thioether (sulfide) groups is 1. The van der Waals surface area contributed by atoms with E-state index in [4.69, 9.17) is 0 Å². The smallest absolute Gasteiger partial charge is 0.235 e. The lowest BCUT2D eigenvalue weighted by atomic mass is 10.1. The van der Waals surface area contributed by atoms with Gasteiger partial charge in [0.05, 0.1) is 22.6 Å². The maximum Gasteiger partial charge on any atom is 0.235 e. The van der Waals surface area contributed by atoms with E-state index < -0.39 is 0 Å². The second-order valence-corrected chi connectivity index (χ2v) is 7.72. The van der Waals surface area contributed by atoms with Crippen LogP contribution in [0.25, 0.3) is 5.69 Å². The summed E-state index contributed by atoms with van der Waals surface area (Å²) in [5.41, 5.74) is 4.85. The van der Waals surface area contributed by atoms with Gasteiger partial charge in [0, 0.05) is 11.4 Å². The van der Waals surface area contributed by atoms with Crippen molar-refractivity contribution in [2.75, 3.05) is 11.1 Å². The molecular weight excluding hydrogens is 396 g/mol. The summed E-state index contributed by atoms with van der Waals surface area (Å²) in [5.74, 6) is 0.181. The van der Waals surface area contributed by atoms with Crippen LogP contribution in [0.15, 0.2) is 35.4 Å². The van der Waals surface area contributed by atoms with Gasteiger partial charge in [-0.15, -0.1) is 5.10 Å². The molecule has 150 valence electrons. The van der Waals surface area contributed by atoms with E-state index in [0.717, 1.165) is 34.3 Å². The van der Waals surface area contributed by atoms with Gasteiger partial charge in [-0.25, -0.2) is 0 Å². The third-order valence-corrected chi connectivity index (χ3v) is 5.94. The van der Waals surface area contributed by atoms with Crippen molar-refractivity contribution in [3.63, 3.8) is 0 Å². The first-order chi connectivity index (χ1) is 14.4. The Morgan fingerprint density at radius 3 is 2.33 bits per heavy atom. The van der Waals surface area contributed by atoms with Crippen LogP contribution >= 0.6 is 11.8 Å². The summed E-state index contributed by atoms with van der Waals surface area (Å²) < 4.78 is 1.87. The largest absolute Gasteiger partial charge is 0.310 e. The lowest BCUT2D eigenvalue weighted by Crippen LogP contribution is -2.18. The number of nitrogens with zero attached hydrogens (tertiary/aromatic N) is 5. The average Bonchev–Trinajstić information content (AvgIpc) is 2.98. The van der Waals surface area contributed by atoms with Crippen LogP contribution in [0, 0.1) is 50.4 Å². The number of benzene rings is 1. The van der Waals surface area contributed by atoms with Crippen LogP contribution in [0.5, 0.6) is 0 Å². The molecule has 30 heavy (non-hydrogen) atoms. The molecule has 1 aromatic carbocycles. The zero-order valence-corrected chi connectivity index (χ0v) is 18.0. The number of aromatic nitrogens is 3. The van der Waals surface area contributed by atoms with Gasteiger partial charge < -0.3 is 5.32 Å². The number of anilines is 1. The van der Waals surface area contributed by atoms with Crippen LogP contribution in [0.4, 0.5) is 5.82 Å². The molecular formula is C22H20N6OS. The van der Waals surface area contributed by atoms with Gasteiger partial charge in [-0.3, -0.25) is 9.36 Å². The summed E-state index contributed by atoms with van der Waals surface area (Å²) in [5, 5.41) is 30.5. The molecule has 1 N–H and O–H groups in total. The number of nitriles is 2. The molecule has 0 saturated carbocycles. The van der Waals surface area contributed by atoms with Gasteiger partial charge >= 0.3 is 0 Å². The zero-order chi connectivity index (χ0) is 21.8. The lowest BCUT2D eigenvalue weighted by molar-refractivity contribution is -0.113. The monoisotopic (exact) mass is 416 g/mol. The Morgan fingerprint density at radius 2 is 1.70 bits per heavy atom. The maximum absolute atomic E-state index is 12.7. The second-order valence-electron chi connectivity index (χ2n) is 6.76. The molecule has 0 spiro atoms. The molecule has 3 aromatic rings. The first-order valence-electron chi connectivity index (χ1n) is 9.23. The molecule has 7 nitrogen and oxygen atoms in total. The predicted molar refractivity (Wildman–Crippen MR) is 116 cm³/mol. The quantitative estimate of drug-likeness (QED) is 0.631. The van der Waals surface area contributed by atoms with E-state index in [-0.39, 0.29) is 11.7 Å². The highest BCUT2D eigenvalue weighted by molar-refractivity contribution is 8.00. The van der Waals surface area contributed by atoms with E-state index in [1.54, 1.807) is 6.92 Å². The Hall–Kier alpha value is -3.62. The van der Waals surface area contributed by atoms with Crippen LogP contribution < -0.4 is 5.32 Å². The Labute approximate surface area is 179 Å². The summed E-state index contributed by atoms with van der Waals surface area (Å²) in [4.78, 5) is 12.7. The van der Waals surface area contributed by atoms with Gasteiger partial charge in [0.2, 0.25) is 5.91 Å². The van der Waals surface area contributed by atoms with Crippen LogP contribution in [0.3, 0.4) is 0 Å². The predicted octanol–water partition coefficient (Wildman–Crippen LogP) is 3.98. The number of hydrogen-bond acceptors (Lipinski definition) is 6. The number of nitrogens with one attached hydrogen (secondary N) is 1. The SMILES string of the molecule is Cc1nnc(SCC(=O)Nc2c(C#N)c(C)c(C)n2-c2ccccc2)c(C#N)c1C. The maximum atomic E-state index is 12.7. The van der Waals surface area contributed by atoms with Crippen molar-refractivity contribution >= 4 is 23.5 Å². The molecule has 0 bridgehead atoms. The van der Waals surface area contributed by atoms with Gasteiger partial charge in [0.1, 0.15) is 23.0 Å². The number of para-hydroxylation sites is 1. The molecule has 0 aliphatic rings. The van der Waals surface area contributed by atoms with Crippen molar-refractivity contribution < 1.29 is 4.79 Å². The molecule has 0 radical (unpaired) electrons. The molecule has 2 heterocycles. The van der Waals surface area contributed by atoms with Crippen molar-refractivity contribution in [3.05, 3.63) is 64.0 Å². The van der Waals surface area contributed by atoms with Gasteiger partial charge in [0.25, 0.3) is 0 Å². The molecule has 0 saturated heterocycles. The van der Waals surface area contributed by atoms with Crippen LogP contribution in [0.2, 0.25) is 0 Å². The molecule has 2 aromatic heterocycles. The Morgan fingerprint density at radius 1 is 1.03 bits per heavy atom. The number of hydrogen-bond donors (Lipinski definition) is 1. The summed E-state index contributed by atoms with van der Waals surface area (Å²) in [6.45, 7) is 7.37. The van der Waals surface area contributed by atoms with E-state index in [2.05, 4.69) is 27.7 Å². The summed E-state index contributed by atoms with van der Waals surface area (Å²) >= 11 is 1.15. The average molecular weight is 417 g/mol. The summed E-state index contributed by atoms with van der Waals surface area (Å²) in [6.07, 6.45) is 0. The molecule has 0 unspecified atom stereocenters. The van der Waals surface area contributed by atoms with Crippen molar-refractivity contribution in [2.24, 2.45) is 0 Å².